The number of aliphatic hydroxyl groups excluding tert-OH is 2. The lowest BCUT2D eigenvalue weighted by molar-refractivity contribution is 0.211. The van der Waals surface area contributed by atoms with Crippen molar-refractivity contribution in [2.24, 2.45) is 0 Å². The molecule has 0 saturated carbocycles. The van der Waals surface area contributed by atoms with Gasteiger partial charge in [0.25, 0.3) is 0 Å². The van der Waals surface area contributed by atoms with Crippen molar-refractivity contribution in [3.8, 4) is 11.5 Å². The molecule has 0 aliphatic carbocycles. The smallest absolute Gasteiger partial charge is 0.171 e. The summed E-state index contributed by atoms with van der Waals surface area (Å²) in [6.45, 7) is 2.02. The number of phenolic OH excluding ortho intramolecular Hbond substituents is 1. The van der Waals surface area contributed by atoms with E-state index < -0.39 is 6.10 Å². The number of rotatable bonds is 8. The molecule has 22 heavy (non-hydrogen) atoms. The summed E-state index contributed by atoms with van der Waals surface area (Å²) >= 11 is 2.07. The number of aliphatic hydroxyl groups is 2. The summed E-state index contributed by atoms with van der Waals surface area (Å²) in [4.78, 5) is 0. The maximum atomic E-state index is 9.86. The first kappa shape index (κ1) is 19.0. The van der Waals surface area contributed by atoms with E-state index in [0.29, 0.717) is 12.2 Å². The van der Waals surface area contributed by atoms with E-state index in [9.17, 15) is 10.2 Å². The van der Waals surface area contributed by atoms with Gasteiger partial charge in [0, 0.05) is 0 Å². The van der Waals surface area contributed by atoms with Crippen LogP contribution in [-0.4, -0.2) is 35.1 Å². The topological polar surface area (TPSA) is 69.9 Å². The van der Waals surface area contributed by atoms with Crippen molar-refractivity contribution in [3.63, 3.8) is 0 Å². The van der Waals surface area contributed by atoms with Gasteiger partial charge >= 0.3 is 0 Å². The predicted molar refractivity (Wildman–Crippen MR) is 97.1 cm³/mol. The fourth-order valence-electron chi connectivity index (χ4n) is 2.07. The predicted octanol–water partition coefficient (Wildman–Crippen LogP) is 3.49. The molecule has 1 rings (SSSR count). The zero-order valence-electron chi connectivity index (χ0n) is 12.9. The number of allylic oxidation sites excluding steroid dienone is 1. The zero-order valence-corrected chi connectivity index (χ0v) is 15.1. The first-order chi connectivity index (χ1) is 10.5. The Morgan fingerprint density at radius 2 is 2.14 bits per heavy atom. The van der Waals surface area contributed by atoms with E-state index in [1.807, 2.05) is 6.07 Å². The van der Waals surface area contributed by atoms with Crippen molar-refractivity contribution in [2.45, 2.75) is 32.3 Å². The molecule has 0 saturated heterocycles. The van der Waals surface area contributed by atoms with Crippen LogP contribution < -0.4 is 4.74 Å². The lowest BCUT2D eigenvalue weighted by atomic mass is 10.0. The van der Waals surface area contributed by atoms with Gasteiger partial charge in [0.1, 0.15) is 0 Å². The second-order valence-corrected chi connectivity index (χ2v) is 6.09. The van der Waals surface area contributed by atoms with Crippen molar-refractivity contribution in [1.82, 2.24) is 0 Å². The van der Waals surface area contributed by atoms with Crippen LogP contribution in [0.15, 0.2) is 29.9 Å². The van der Waals surface area contributed by atoms with Gasteiger partial charge in [0.2, 0.25) is 0 Å². The van der Waals surface area contributed by atoms with E-state index >= 15 is 0 Å². The van der Waals surface area contributed by atoms with Crippen LogP contribution in [-0.2, 0) is 0 Å². The average Bonchev–Trinajstić information content (AvgIpc) is 2.52. The average molecular weight is 418 g/mol. The Morgan fingerprint density at radius 3 is 2.73 bits per heavy atom. The summed E-state index contributed by atoms with van der Waals surface area (Å²) in [5.74, 6) is 0.613. The molecule has 3 N–H and O–H groups in total. The molecule has 1 atom stereocenters. The van der Waals surface area contributed by atoms with Crippen LogP contribution in [0.4, 0.5) is 0 Å². The summed E-state index contributed by atoms with van der Waals surface area (Å²) in [6, 6.07) is 3.70. The van der Waals surface area contributed by atoms with Gasteiger partial charge in [0.05, 0.1) is 23.4 Å². The van der Waals surface area contributed by atoms with E-state index in [1.54, 1.807) is 18.2 Å². The van der Waals surface area contributed by atoms with Crippen molar-refractivity contribution < 1.29 is 20.1 Å². The first-order valence-corrected chi connectivity index (χ1v) is 8.31. The number of benzene rings is 1. The number of phenols is 1. The Hall–Kier alpha value is -1.05. The highest BCUT2D eigenvalue weighted by Crippen LogP contribution is 2.33. The first-order valence-electron chi connectivity index (χ1n) is 7.23. The third-order valence-corrected chi connectivity index (χ3v) is 4.14. The van der Waals surface area contributed by atoms with E-state index in [4.69, 9.17) is 9.84 Å². The highest BCUT2D eigenvalue weighted by atomic mass is 127. The van der Waals surface area contributed by atoms with Crippen LogP contribution in [0.5, 0.6) is 11.5 Å². The highest BCUT2D eigenvalue weighted by Gasteiger charge is 2.08. The summed E-state index contributed by atoms with van der Waals surface area (Å²) < 4.78 is 5.91. The van der Waals surface area contributed by atoms with Crippen molar-refractivity contribution in [2.75, 3.05) is 13.7 Å². The number of hydrogen-bond acceptors (Lipinski definition) is 4. The summed E-state index contributed by atoms with van der Waals surface area (Å²) in [5, 5.41) is 28.3. The molecule has 0 heterocycles. The van der Waals surface area contributed by atoms with E-state index in [0.717, 1.165) is 22.0 Å². The van der Waals surface area contributed by atoms with Gasteiger partial charge in [-0.15, -0.1) is 0 Å². The molecule has 0 aliphatic rings. The van der Waals surface area contributed by atoms with Crippen LogP contribution in [0.25, 0.3) is 6.08 Å². The minimum Gasteiger partial charge on any atom is -0.504 e. The Bertz CT molecular complexity index is 538. The maximum absolute atomic E-state index is 9.86. The molecule has 0 unspecified atom stereocenters. The minimum atomic E-state index is -0.545. The fraction of sp³-hybridized carbons (Fsp3) is 0.412. The molecule has 0 aliphatic heterocycles. The molecule has 1 aromatic carbocycles. The zero-order chi connectivity index (χ0) is 16.5. The van der Waals surface area contributed by atoms with E-state index in [-0.39, 0.29) is 12.4 Å². The van der Waals surface area contributed by atoms with Gasteiger partial charge in [-0.3, -0.25) is 0 Å². The summed E-state index contributed by atoms with van der Waals surface area (Å²) in [6.07, 6.45) is 6.95. The third kappa shape index (κ3) is 5.98. The lowest BCUT2D eigenvalue weighted by Crippen LogP contribution is -2.02. The second kappa shape index (κ2) is 9.86. The third-order valence-electron chi connectivity index (χ3n) is 3.32. The van der Waals surface area contributed by atoms with Crippen molar-refractivity contribution >= 4 is 28.7 Å². The molecule has 122 valence electrons. The number of hydrogen-bond donors (Lipinski definition) is 3. The second-order valence-electron chi connectivity index (χ2n) is 4.93. The lowest BCUT2D eigenvalue weighted by Gasteiger charge is -2.10. The molecule has 0 amide bonds. The Balaban J connectivity index is 2.84. The normalized spacial score (nSPS) is 13.6. The number of ether oxygens (including phenoxy) is 1. The molecule has 5 heteroatoms. The van der Waals surface area contributed by atoms with Gasteiger partial charge in [0.15, 0.2) is 11.5 Å². The van der Waals surface area contributed by atoms with Crippen LogP contribution in [0.3, 0.4) is 0 Å². The SMILES string of the molecule is CC/C(=C\c1cc(I)c(O)c(OC)c1)CC[C@@H](O)/C=C\CO. The molecule has 0 aromatic heterocycles. The molecule has 0 radical (unpaired) electrons. The summed E-state index contributed by atoms with van der Waals surface area (Å²) in [5.41, 5.74) is 2.18. The van der Waals surface area contributed by atoms with Crippen LogP contribution >= 0.6 is 22.6 Å². The maximum Gasteiger partial charge on any atom is 0.171 e. The summed E-state index contributed by atoms with van der Waals surface area (Å²) in [7, 11) is 1.53. The van der Waals surface area contributed by atoms with Gasteiger partial charge in [-0.1, -0.05) is 30.7 Å². The van der Waals surface area contributed by atoms with Crippen molar-refractivity contribution in [3.05, 3.63) is 39.0 Å². The molecular weight excluding hydrogens is 395 g/mol. The van der Waals surface area contributed by atoms with Gasteiger partial charge in [-0.2, -0.15) is 0 Å². The molecule has 4 nitrogen and oxygen atoms in total. The molecular formula is C17H23IO4. The Kier molecular flexibility index (Phi) is 8.52. The minimum absolute atomic E-state index is 0.0563. The molecule has 0 fully saturated rings. The highest BCUT2D eigenvalue weighted by molar-refractivity contribution is 14.1. The fourth-order valence-corrected chi connectivity index (χ4v) is 2.69. The number of halogens is 1. The molecule has 0 bridgehead atoms. The number of methoxy groups -OCH3 is 1. The van der Waals surface area contributed by atoms with Crippen LogP contribution in [0, 0.1) is 3.57 Å². The van der Waals surface area contributed by atoms with Crippen LogP contribution in [0.2, 0.25) is 0 Å². The van der Waals surface area contributed by atoms with Gasteiger partial charge in [-0.05, 0) is 59.5 Å². The standard InChI is InChI=1S/C17H23IO4/c1-3-12(6-7-14(20)5-4-8-19)9-13-10-15(18)17(21)16(11-13)22-2/h4-5,9-11,14,19-21H,3,6-8H2,1-2H3/b5-4-,12-9+/t14-/m0/s1. The monoisotopic (exact) mass is 418 g/mol. The molecule has 0 spiro atoms. The van der Waals surface area contributed by atoms with Crippen LogP contribution in [0.1, 0.15) is 31.7 Å². The van der Waals surface area contributed by atoms with Gasteiger partial charge in [-0.25, -0.2) is 0 Å². The number of aromatic hydroxyl groups is 1. The quantitative estimate of drug-likeness (QED) is 0.447. The van der Waals surface area contributed by atoms with Crippen molar-refractivity contribution in [1.29, 1.82) is 0 Å². The molecule has 1 aromatic rings. The largest absolute Gasteiger partial charge is 0.504 e. The van der Waals surface area contributed by atoms with Gasteiger partial charge < -0.3 is 20.1 Å². The Morgan fingerprint density at radius 1 is 1.41 bits per heavy atom. The Labute approximate surface area is 145 Å². The van der Waals surface area contributed by atoms with E-state index in [1.165, 1.54) is 12.7 Å². The van der Waals surface area contributed by atoms with E-state index in [2.05, 4.69) is 35.6 Å².